The van der Waals surface area contributed by atoms with Crippen molar-refractivity contribution in [2.24, 2.45) is 10.4 Å². The van der Waals surface area contributed by atoms with Crippen LogP contribution >= 0.6 is 23.2 Å². The molecule has 21 heavy (non-hydrogen) atoms. The second-order valence-corrected chi connectivity index (χ2v) is 6.60. The summed E-state index contributed by atoms with van der Waals surface area (Å²) in [7, 11) is 1.76. The molecule has 2 rings (SSSR count). The van der Waals surface area contributed by atoms with E-state index in [2.05, 4.69) is 22.5 Å². The smallest absolute Gasteiger partial charge is 0.191 e. The third-order valence-corrected chi connectivity index (χ3v) is 4.15. The van der Waals surface area contributed by atoms with Crippen LogP contribution in [-0.4, -0.2) is 32.8 Å². The van der Waals surface area contributed by atoms with E-state index in [0.717, 1.165) is 31.3 Å². The van der Waals surface area contributed by atoms with E-state index >= 15 is 0 Å². The van der Waals surface area contributed by atoms with E-state index in [9.17, 15) is 0 Å². The largest absolute Gasteiger partial charge is 0.380 e. The quantitative estimate of drug-likeness (QED) is 0.658. The number of aliphatic imine (C=N–C) groups is 1. The third-order valence-electron chi connectivity index (χ3n) is 3.59. The SMILES string of the molecule is CN=C(NCC1(C)COC1)NC(C)c1ccc(Cl)cc1Cl. The zero-order chi connectivity index (χ0) is 15.5. The van der Waals surface area contributed by atoms with Crippen LogP contribution in [0.1, 0.15) is 25.5 Å². The van der Waals surface area contributed by atoms with E-state index in [1.807, 2.05) is 19.1 Å². The standard InChI is InChI=1S/C15H21Cl2N3O/c1-10(12-5-4-11(16)6-13(12)17)20-14(18-3)19-7-15(2)8-21-9-15/h4-6,10H,7-9H2,1-3H3,(H2,18,19,20). The average Bonchev–Trinajstić information content (AvgIpc) is 2.41. The Morgan fingerprint density at radius 2 is 2.14 bits per heavy atom. The summed E-state index contributed by atoms with van der Waals surface area (Å²) in [5, 5.41) is 7.95. The molecule has 0 spiro atoms. The molecule has 1 fully saturated rings. The van der Waals surface area contributed by atoms with E-state index in [1.165, 1.54) is 0 Å². The zero-order valence-electron chi connectivity index (χ0n) is 12.5. The molecule has 6 heteroatoms. The maximum atomic E-state index is 6.23. The van der Waals surface area contributed by atoms with Crippen LogP contribution in [0.15, 0.2) is 23.2 Å². The molecular formula is C15H21Cl2N3O. The third kappa shape index (κ3) is 4.25. The molecule has 1 aromatic rings. The molecule has 0 saturated carbocycles. The van der Waals surface area contributed by atoms with Crippen LogP contribution in [0.25, 0.3) is 0 Å². The molecule has 116 valence electrons. The molecule has 1 aromatic carbocycles. The summed E-state index contributed by atoms with van der Waals surface area (Å²) in [5.74, 6) is 0.752. The number of rotatable bonds is 4. The highest BCUT2D eigenvalue weighted by Gasteiger charge is 2.33. The Bertz CT molecular complexity index is 530. The molecule has 2 N–H and O–H groups in total. The van der Waals surface area contributed by atoms with E-state index in [4.69, 9.17) is 27.9 Å². The van der Waals surface area contributed by atoms with Gasteiger partial charge >= 0.3 is 0 Å². The summed E-state index contributed by atoms with van der Waals surface area (Å²) >= 11 is 12.2. The lowest BCUT2D eigenvalue weighted by atomic mass is 9.89. The molecule has 4 nitrogen and oxygen atoms in total. The fraction of sp³-hybridized carbons (Fsp3) is 0.533. The van der Waals surface area contributed by atoms with Crippen LogP contribution < -0.4 is 10.6 Å². The summed E-state index contributed by atoms with van der Waals surface area (Å²) < 4.78 is 5.25. The summed E-state index contributed by atoms with van der Waals surface area (Å²) in [4.78, 5) is 4.25. The number of halogens is 2. The van der Waals surface area contributed by atoms with Crippen LogP contribution in [0.2, 0.25) is 10.0 Å². The first kappa shape index (κ1) is 16.4. The van der Waals surface area contributed by atoms with Gasteiger partial charge in [-0.3, -0.25) is 4.99 Å². The number of hydrogen-bond donors (Lipinski definition) is 2. The highest BCUT2D eigenvalue weighted by atomic mass is 35.5. The topological polar surface area (TPSA) is 45.7 Å². The molecule has 0 aliphatic carbocycles. The minimum Gasteiger partial charge on any atom is -0.380 e. The van der Waals surface area contributed by atoms with Gasteiger partial charge in [0.15, 0.2) is 5.96 Å². The van der Waals surface area contributed by atoms with Gasteiger partial charge in [0.25, 0.3) is 0 Å². The highest BCUT2D eigenvalue weighted by Crippen LogP contribution is 2.27. The predicted octanol–water partition coefficient (Wildman–Crippen LogP) is 3.26. The van der Waals surface area contributed by atoms with E-state index < -0.39 is 0 Å². The van der Waals surface area contributed by atoms with Gasteiger partial charge in [0.05, 0.1) is 19.3 Å². The van der Waals surface area contributed by atoms with Crippen LogP contribution in [0.4, 0.5) is 0 Å². The van der Waals surface area contributed by atoms with Gasteiger partial charge < -0.3 is 15.4 Å². The first-order valence-corrected chi connectivity index (χ1v) is 7.69. The molecule has 1 saturated heterocycles. The van der Waals surface area contributed by atoms with Gasteiger partial charge in [-0.25, -0.2) is 0 Å². The Hall–Kier alpha value is -0.970. The molecule has 0 radical (unpaired) electrons. The van der Waals surface area contributed by atoms with E-state index in [0.29, 0.717) is 10.0 Å². The fourth-order valence-electron chi connectivity index (χ4n) is 2.18. The predicted molar refractivity (Wildman–Crippen MR) is 88.3 cm³/mol. The van der Waals surface area contributed by atoms with Crippen LogP contribution in [-0.2, 0) is 4.74 Å². The summed E-state index contributed by atoms with van der Waals surface area (Å²) in [6, 6.07) is 5.55. The lowest BCUT2D eigenvalue weighted by molar-refractivity contribution is -0.0971. The Balaban J connectivity index is 1.94. The van der Waals surface area contributed by atoms with Crippen molar-refractivity contribution in [1.29, 1.82) is 0 Å². The molecule has 0 bridgehead atoms. The highest BCUT2D eigenvalue weighted by molar-refractivity contribution is 6.35. The Morgan fingerprint density at radius 3 is 2.67 bits per heavy atom. The fourth-order valence-corrected chi connectivity index (χ4v) is 2.75. The molecule has 1 aliphatic heterocycles. The number of ether oxygens (including phenoxy) is 1. The van der Waals surface area contributed by atoms with Crippen molar-refractivity contribution in [3.63, 3.8) is 0 Å². The molecule has 1 unspecified atom stereocenters. The summed E-state index contributed by atoms with van der Waals surface area (Å²) in [6.45, 7) is 6.63. The van der Waals surface area contributed by atoms with Gasteiger partial charge in [0, 0.05) is 29.1 Å². The maximum Gasteiger partial charge on any atom is 0.191 e. The Morgan fingerprint density at radius 1 is 1.43 bits per heavy atom. The van der Waals surface area contributed by atoms with Gasteiger partial charge in [-0.2, -0.15) is 0 Å². The van der Waals surface area contributed by atoms with Crippen LogP contribution in [0.3, 0.4) is 0 Å². The van der Waals surface area contributed by atoms with Crippen molar-refractivity contribution >= 4 is 29.2 Å². The number of hydrogen-bond acceptors (Lipinski definition) is 2. The molecule has 0 aromatic heterocycles. The second kappa shape index (κ2) is 6.86. The van der Waals surface area contributed by atoms with Crippen LogP contribution in [0.5, 0.6) is 0 Å². The Labute approximate surface area is 135 Å². The summed E-state index contributed by atoms with van der Waals surface area (Å²) in [6.07, 6.45) is 0. The molecule has 1 heterocycles. The average molecular weight is 330 g/mol. The van der Waals surface area contributed by atoms with E-state index in [-0.39, 0.29) is 11.5 Å². The van der Waals surface area contributed by atoms with Gasteiger partial charge in [-0.15, -0.1) is 0 Å². The molecule has 1 aliphatic rings. The second-order valence-electron chi connectivity index (χ2n) is 5.76. The van der Waals surface area contributed by atoms with Crippen molar-refractivity contribution in [2.45, 2.75) is 19.9 Å². The van der Waals surface area contributed by atoms with Crippen LogP contribution in [0, 0.1) is 5.41 Å². The van der Waals surface area contributed by atoms with Crippen molar-refractivity contribution in [3.05, 3.63) is 33.8 Å². The Kier molecular flexibility index (Phi) is 5.36. The lowest BCUT2D eigenvalue weighted by Crippen LogP contribution is -2.51. The van der Waals surface area contributed by atoms with Crippen molar-refractivity contribution in [3.8, 4) is 0 Å². The summed E-state index contributed by atoms with van der Waals surface area (Å²) in [5.41, 5.74) is 1.18. The van der Waals surface area contributed by atoms with Gasteiger partial charge in [0.1, 0.15) is 0 Å². The normalized spacial score (nSPS) is 18.8. The maximum absolute atomic E-state index is 6.23. The van der Waals surface area contributed by atoms with Crippen molar-refractivity contribution in [1.82, 2.24) is 10.6 Å². The van der Waals surface area contributed by atoms with Gasteiger partial charge in [-0.1, -0.05) is 36.2 Å². The number of benzene rings is 1. The molecular weight excluding hydrogens is 309 g/mol. The van der Waals surface area contributed by atoms with E-state index in [1.54, 1.807) is 13.1 Å². The number of nitrogens with one attached hydrogen (secondary N) is 2. The monoisotopic (exact) mass is 329 g/mol. The number of guanidine groups is 1. The zero-order valence-corrected chi connectivity index (χ0v) is 14.1. The molecule has 1 atom stereocenters. The first-order chi connectivity index (χ1) is 9.93. The van der Waals surface area contributed by atoms with Crippen molar-refractivity contribution < 1.29 is 4.74 Å². The minimum absolute atomic E-state index is 0.0337. The van der Waals surface area contributed by atoms with Gasteiger partial charge in [0.2, 0.25) is 0 Å². The number of nitrogens with zero attached hydrogens (tertiary/aromatic N) is 1. The lowest BCUT2D eigenvalue weighted by Gasteiger charge is -2.38. The van der Waals surface area contributed by atoms with Gasteiger partial charge in [-0.05, 0) is 24.6 Å². The minimum atomic E-state index is 0.0337. The molecule has 0 amide bonds. The van der Waals surface area contributed by atoms with Crippen molar-refractivity contribution in [2.75, 3.05) is 26.8 Å². The first-order valence-electron chi connectivity index (χ1n) is 6.93.